The van der Waals surface area contributed by atoms with Crippen molar-refractivity contribution in [2.45, 2.75) is 85.5 Å². The van der Waals surface area contributed by atoms with Crippen molar-refractivity contribution in [3.05, 3.63) is 167 Å². The zero-order chi connectivity index (χ0) is 38.6. The smallest absolute Gasteiger partial charge is 0.0544 e. The second-order valence-corrected chi connectivity index (χ2v) is 18.5. The average molecular weight is 717 g/mol. The van der Waals surface area contributed by atoms with Crippen LogP contribution in [0.3, 0.4) is 0 Å². The van der Waals surface area contributed by atoms with E-state index in [1.807, 2.05) is 0 Å². The first kappa shape index (κ1) is 35.1. The third-order valence-electron chi connectivity index (χ3n) is 12.2. The van der Waals surface area contributed by atoms with Crippen LogP contribution in [0, 0.1) is 13.8 Å². The van der Waals surface area contributed by atoms with Crippen molar-refractivity contribution in [2.75, 3.05) is 4.90 Å². The van der Waals surface area contributed by atoms with Gasteiger partial charge in [-0.15, -0.1) is 0 Å². The number of hydrogen-bond acceptors (Lipinski definition) is 1. The maximum atomic E-state index is 2.55. The van der Waals surface area contributed by atoms with Crippen molar-refractivity contribution in [2.24, 2.45) is 0 Å². The lowest BCUT2D eigenvalue weighted by Crippen LogP contribution is -2.17. The molecule has 0 saturated heterocycles. The van der Waals surface area contributed by atoms with Gasteiger partial charge in [0.1, 0.15) is 0 Å². The van der Waals surface area contributed by atoms with Gasteiger partial charge in [0.2, 0.25) is 0 Å². The Hall–Kier alpha value is -5.60. The number of nitrogens with zero attached hydrogens (tertiary/aromatic N) is 2. The van der Waals surface area contributed by atoms with Gasteiger partial charge in [-0.05, 0) is 130 Å². The van der Waals surface area contributed by atoms with Crippen LogP contribution in [0.4, 0.5) is 17.1 Å². The number of fused-ring (bicyclic) bond motifs is 8. The summed E-state index contributed by atoms with van der Waals surface area (Å²) in [5.41, 5.74) is 17.7. The van der Waals surface area contributed by atoms with Crippen LogP contribution in [0.25, 0.3) is 49.4 Å². The average Bonchev–Trinajstić information content (AvgIpc) is 3.59. The zero-order valence-corrected chi connectivity index (χ0v) is 34.1. The fourth-order valence-corrected chi connectivity index (χ4v) is 8.93. The normalized spacial score (nSPS) is 13.8. The molecule has 0 unspecified atom stereocenters. The molecule has 0 N–H and O–H groups in total. The van der Waals surface area contributed by atoms with Gasteiger partial charge < -0.3 is 9.47 Å². The highest BCUT2D eigenvalue weighted by Crippen LogP contribution is 2.54. The first-order valence-corrected chi connectivity index (χ1v) is 19.9. The highest BCUT2D eigenvalue weighted by atomic mass is 15.1. The minimum absolute atomic E-state index is 0.0493. The number of anilines is 3. The second-order valence-electron chi connectivity index (χ2n) is 18.5. The van der Waals surface area contributed by atoms with Crippen LogP contribution >= 0.6 is 0 Å². The highest BCUT2D eigenvalue weighted by Gasteiger charge is 2.38. The van der Waals surface area contributed by atoms with Gasteiger partial charge in [0.05, 0.1) is 16.7 Å². The van der Waals surface area contributed by atoms with Crippen molar-refractivity contribution < 1.29 is 0 Å². The van der Waals surface area contributed by atoms with Gasteiger partial charge in [0.15, 0.2) is 0 Å². The number of aryl methyl sites for hydroxylation is 2. The zero-order valence-electron chi connectivity index (χ0n) is 34.1. The molecule has 0 spiro atoms. The van der Waals surface area contributed by atoms with E-state index in [1.165, 1.54) is 88.5 Å². The summed E-state index contributed by atoms with van der Waals surface area (Å²) >= 11 is 0. The summed E-state index contributed by atoms with van der Waals surface area (Å²) in [7, 11) is 0. The van der Waals surface area contributed by atoms with Gasteiger partial charge in [-0.25, -0.2) is 0 Å². The molecule has 0 atom stereocenters. The lowest BCUT2D eigenvalue weighted by molar-refractivity contribution is 0.590. The molecule has 55 heavy (non-hydrogen) atoms. The Labute approximate surface area is 327 Å². The number of benzene rings is 7. The van der Waals surface area contributed by atoms with E-state index in [0.717, 1.165) is 11.4 Å². The van der Waals surface area contributed by atoms with Gasteiger partial charge in [-0.1, -0.05) is 133 Å². The fraction of sp³-hybridized carbons (Fsp3) is 0.245. The molecular formula is C53H52N2. The van der Waals surface area contributed by atoms with Crippen LogP contribution < -0.4 is 4.90 Å². The Morgan fingerprint density at radius 1 is 0.473 bits per heavy atom. The summed E-state index contributed by atoms with van der Waals surface area (Å²) < 4.78 is 2.55. The van der Waals surface area contributed by atoms with E-state index in [2.05, 4.69) is 212 Å². The van der Waals surface area contributed by atoms with E-state index in [1.54, 1.807) is 0 Å². The first-order valence-electron chi connectivity index (χ1n) is 19.9. The topological polar surface area (TPSA) is 8.17 Å². The van der Waals surface area contributed by atoms with Crippen molar-refractivity contribution in [1.29, 1.82) is 0 Å². The van der Waals surface area contributed by atoms with E-state index in [9.17, 15) is 0 Å². The molecule has 0 bridgehead atoms. The van der Waals surface area contributed by atoms with E-state index >= 15 is 0 Å². The molecule has 0 fully saturated rings. The molecule has 0 amide bonds. The standard InChI is InChI=1S/C53H52N2/c1-33-15-21-37(22-16-33)54(38-23-17-34(2)18-24-38)39-25-26-42-45(31-39)53(9,10)46-32-49(40-13-11-12-14-41(40)50(42)46)55-47-27-19-35(51(3,4)5)29-43(47)44-30-36(52(6,7)8)20-28-48(44)55/h11-32H,1-10H3. The summed E-state index contributed by atoms with van der Waals surface area (Å²) in [6, 6.07) is 50.8. The van der Waals surface area contributed by atoms with Crippen LogP contribution in [-0.2, 0) is 16.2 Å². The number of aromatic nitrogens is 1. The summed E-state index contributed by atoms with van der Waals surface area (Å²) in [6.45, 7) is 23.0. The predicted molar refractivity (Wildman–Crippen MR) is 237 cm³/mol. The van der Waals surface area contributed by atoms with Crippen LogP contribution in [0.1, 0.15) is 88.8 Å². The highest BCUT2D eigenvalue weighted by molar-refractivity contribution is 6.13. The lowest BCUT2D eigenvalue weighted by atomic mass is 9.81. The second kappa shape index (κ2) is 12.2. The summed E-state index contributed by atoms with van der Waals surface area (Å²) in [5.74, 6) is 0. The molecule has 8 aromatic rings. The molecule has 0 aliphatic heterocycles. The molecule has 1 aromatic heterocycles. The van der Waals surface area contributed by atoms with Crippen LogP contribution in [0.2, 0.25) is 0 Å². The molecule has 0 radical (unpaired) electrons. The SMILES string of the molecule is Cc1ccc(N(c2ccc(C)cc2)c2ccc3c(c2)C(C)(C)c2cc(-n4c5ccc(C(C)(C)C)cc5c5cc(C(C)(C)C)ccc54)c4ccccc4c2-3)cc1. The van der Waals surface area contributed by atoms with E-state index in [-0.39, 0.29) is 16.2 Å². The monoisotopic (exact) mass is 716 g/mol. The molecular weight excluding hydrogens is 665 g/mol. The van der Waals surface area contributed by atoms with Gasteiger partial charge in [0, 0.05) is 38.6 Å². The van der Waals surface area contributed by atoms with Gasteiger partial charge >= 0.3 is 0 Å². The molecule has 9 rings (SSSR count). The van der Waals surface area contributed by atoms with E-state index < -0.39 is 0 Å². The molecule has 7 aromatic carbocycles. The van der Waals surface area contributed by atoms with Crippen molar-refractivity contribution in [3.63, 3.8) is 0 Å². The predicted octanol–water partition coefficient (Wildman–Crippen LogP) is 14.9. The minimum atomic E-state index is -0.233. The summed E-state index contributed by atoms with van der Waals surface area (Å²) in [5, 5.41) is 5.21. The molecule has 1 heterocycles. The maximum absolute atomic E-state index is 2.55. The third kappa shape index (κ3) is 5.60. The Morgan fingerprint density at radius 2 is 0.964 bits per heavy atom. The Bertz CT molecular complexity index is 2680. The largest absolute Gasteiger partial charge is 0.310 e. The van der Waals surface area contributed by atoms with Crippen LogP contribution in [0.15, 0.2) is 133 Å². The molecule has 2 nitrogen and oxygen atoms in total. The number of hydrogen-bond donors (Lipinski definition) is 0. The van der Waals surface area contributed by atoms with Crippen molar-refractivity contribution in [3.8, 4) is 16.8 Å². The van der Waals surface area contributed by atoms with Gasteiger partial charge in [-0.3, -0.25) is 0 Å². The van der Waals surface area contributed by atoms with Crippen molar-refractivity contribution >= 4 is 49.6 Å². The molecule has 274 valence electrons. The molecule has 1 aliphatic carbocycles. The van der Waals surface area contributed by atoms with Crippen LogP contribution in [-0.4, -0.2) is 4.57 Å². The summed E-state index contributed by atoms with van der Waals surface area (Å²) in [6.07, 6.45) is 0. The number of rotatable bonds is 4. The van der Waals surface area contributed by atoms with Crippen LogP contribution in [0.5, 0.6) is 0 Å². The lowest BCUT2D eigenvalue weighted by Gasteiger charge is -2.28. The third-order valence-corrected chi connectivity index (χ3v) is 12.2. The molecule has 2 heteroatoms. The Kier molecular flexibility index (Phi) is 7.79. The van der Waals surface area contributed by atoms with E-state index in [0.29, 0.717) is 0 Å². The van der Waals surface area contributed by atoms with E-state index in [4.69, 9.17) is 0 Å². The fourth-order valence-electron chi connectivity index (χ4n) is 8.93. The molecule has 1 aliphatic rings. The maximum Gasteiger partial charge on any atom is 0.0544 e. The molecule has 0 saturated carbocycles. The van der Waals surface area contributed by atoms with Gasteiger partial charge in [-0.2, -0.15) is 0 Å². The quantitative estimate of drug-likeness (QED) is 0.176. The van der Waals surface area contributed by atoms with Gasteiger partial charge in [0.25, 0.3) is 0 Å². The Morgan fingerprint density at radius 3 is 1.47 bits per heavy atom. The summed E-state index contributed by atoms with van der Waals surface area (Å²) in [4.78, 5) is 2.40. The Balaban J connectivity index is 1.28. The first-order chi connectivity index (χ1) is 26.1. The minimum Gasteiger partial charge on any atom is -0.310 e. The van der Waals surface area contributed by atoms with Crippen molar-refractivity contribution in [1.82, 2.24) is 4.57 Å².